The van der Waals surface area contributed by atoms with E-state index in [2.05, 4.69) is 13.8 Å². The summed E-state index contributed by atoms with van der Waals surface area (Å²) >= 11 is 0. The van der Waals surface area contributed by atoms with Gasteiger partial charge in [-0.25, -0.2) is 0 Å². The van der Waals surface area contributed by atoms with Gasteiger partial charge in [0.25, 0.3) is 0 Å². The molecule has 52 heavy (non-hydrogen) atoms. The van der Waals surface area contributed by atoms with Gasteiger partial charge in [-0.1, -0.05) is 245 Å². The Bertz CT molecular complexity index is 634. The largest absolute Gasteiger partial charge is 0.466 e. The molecule has 0 aromatic carbocycles. The Morgan fingerprint density at radius 2 is 0.423 bits per heavy atom. The van der Waals surface area contributed by atoms with Gasteiger partial charge in [-0.05, 0) is 25.7 Å². The number of carbonyl (C=O) groups is 2. The van der Waals surface area contributed by atoms with Crippen molar-refractivity contribution in [3.63, 3.8) is 0 Å². The highest BCUT2D eigenvalue weighted by molar-refractivity contribution is 5.70. The van der Waals surface area contributed by atoms with Crippen molar-refractivity contribution < 1.29 is 19.1 Å². The van der Waals surface area contributed by atoms with Crippen LogP contribution in [0, 0.1) is 0 Å². The Hall–Kier alpha value is -1.06. The van der Waals surface area contributed by atoms with Crippen molar-refractivity contribution in [3.05, 3.63) is 0 Å². The number of rotatable bonds is 45. The molecule has 0 spiro atoms. The molecular weight excluding hydrogens is 641 g/mol. The van der Waals surface area contributed by atoms with E-state index in [4.69, 9.17) is 9.47 Å². The van der Waals surface area contributed by atoms with Crippen LogP contribution in [-0.4, -0.2) is 25.2 Å². The molecule has 0 bridgehead atoms. The molecule has 0 N–H and O–H groups in total. The lowest BCUT2D eigenvalue weighted by Gasteiger charge is -2.06. The summed E-state index contributed by atoms with van der Waals surface area (Å²) in [6, 6.07) is 0. The van der Waals surface area contributed by atoms with Crippen molar-refractivity contribution in [2.24, 2.45) is 0 Å². The van der Waals surface area contributed by atoms with Gasteiger partial charge in [-0.15, -0.1) is 0 Å². The summed E-state index contributed by atoms with van der Waals surface area (Å²) in [7, 11) is 0. The number of unbranched alkanes of at least 4 members (excludes halogenated alkanes) is 37. The maximum absolute atomic E-state index is 12.0. The van der Waals surface area contributed by atoms with Crippen LogP contribution < -0.4 is 0 Å². The molecular formula is C48H94O4. The Kier molecular flexibility index (Phi) is 45.2. The molecule has 0 aliphatic rings. The zero-order valence-corrected chi connectivity index (χ0v) is 35.7. The van der Waals surface area contributed by atoms with Crippen molar-refractivity contribution in [3.8, 4) is 0 Å². The third-order valence-electron chi connectivity index (χ3n) is 11.0. The van der Waals surface area contributed by atoms with Crippen LogP contribution in [0.15, 0.2) is 0 Å². The maximum Gasteiger partial charge on any atom is 0.305 e. The molecule has 0 saturated heterocycles. The predicted octanol–water partition coefficient (Wildman–Crippen LogP) is 16.5. The van der Waals surface area contributed by atoms with E-state index in [1.165, 1.54) is 218 Å². The Morgan fingerprint density at radius 3 is 0.615 bits per heavy atom. The minimum Gasteiger partial charge on any atom is -0.466 e. The first-order chi connectivity index (χ1) is 25.7. The van der Waals surface area contributed by atoms with Crippen LogP contribution >= 0.6 is 0 Å². The molecule has 0 radical (unpaired) electrons. The van der Waals surface area contributed by atoms with E-state index in [1.807, 2.05) is 0 Å². The van der Waals surface area contributed by atoms with Gasteiger partial charge in [0.15, 0.2) is 0 Å². The first-order valence-electron chi connectivity index (χ1n) is 24.0. The lowest BCUT2D eigenvalue weighted by atomic mass is 10.0. The van der Waals surface area contributed by atoms with Gasteiger partial charge in [0.05, 0.1) is 13.2 Å². The van der Waals surface area contributed by atoms with Gasteiger partial charge in [-0.3, -0.25) is 9.59 Å². The summed E-state index contributed by atoms with van der Waals surface area (Å²) in [5.41, 5.74) is 0. The molecule has 4 heteroatoms. The molecule has 0 aromatic rings. The van der Waals surface area contributed by atoms with Crippen LogP contribution in [0.2, 0.25) is 0 Å². The van der Waals surface area contributed by atoms with E-state index in [0.29, 0.717) is 38.9 Å². The summed E-state index contributed by atoms with van der Waals surface area (Å²) in [4.78, 5) is 24.0. The second-order valence-corrected chi connectivity index (χ2v) is 16.4. The first kappa shape index (κ1) is 50.9. The highest BCUT2D eigenvalue weighted by Crippen LogP contribution is 2.16. The van der Waals surface area contributed by atoms with Crippen LogP contribution in [0.1, 0.15) is 284 Å². The van der Waals surface area contributed by atoms with E-state index >= 15 is 0 Å². The zero-order valence-electron chi connectivity index (χ0n) is 35.7. The first-order valence-corrected chi connectivity index (χ1v) is 24.0. The average molecular weight is 735 g/mol. The number of hydrogen-bond donors (Lipinski definition) is 0. The molecule has 310 valence electrons. The molecule has 0 unspecified atom stereocenters. The van der Waals surface area contributed by atoms with Gasteiger partial charge < -0.3 is 9.47 Å². The maximum atomic E-state index is 12.0. The van der Waals surface area contributed by atoms with E-state index < -0.39 is 0 Å². The van der Waals surface area contributed by atoms with Crippen molar-refractivity contribution in [2.75, 3.05) is 13.2 Å². The zero-order chi connectivity index (χ0) is 37.7. The monoisotopic (exact) mass is 735 g/mol. The second-order valence-electron chi connectivity index (χ2n) is 16.4. The molecule has 0 fully saturated rings. The van der Waals surface area contributed by atoms with Crippen LogP contribution in [0.5, 0.6) is 0 Å². The summed E-state index contributed by atoms with van der Waals surface area (Å²) < 4.78 is 10.8. The molecule has 0 atom stereocenters. The Balaban J connectivity index is 3.24. The van der Waals surface area contributed by atoms with Crippen LogP contribution in [0.3, 0.4) is 0 Å². The topological polar surface area (TPSA) is 52.6 Å². The molecule has 0 heterocycles. The molecule has 0 rings (SSSR count). The summed E-state index contributed by atoms with van der Waals surface area (Å²) in [5, 5.41) is 0. The van der Waals surface area contributed by atoms with Gasteiger partial charge >= 0.3 is 11.9 Å². The lowest BCUT2D eigenvalue weighted by Crippen LogP contribution is -2.08. The van der Waals surface area contributed by atoms with E-state index in [-0.39, 0.29) is 11.9 Å². The van der Waals surface area contributed by atoms with E-state index in [0.717, 1.165) is 25.7 Å². The summed E-state index contributed by atoms with van der Waals surface area (Å²) in [5.74, 6) is -0.241. The molecule has 4 nitrogen and oxygen atoms in total. The minimum absolute atomic E-state index is 0.120. The van der Waals surface area contributed by atoms with Gasteiger partial charge in [0.2, 0.25) is 0 Å². The fraction of sp³-hybridized carbons (Fsp3) is 0.958. The molecule has 0 aliphatic heterocycles. The van der Waals surface area contributed by atoms with Crippen LogP contribution in [0.4, 0.5) is 0 Å². The minimum atomic E-state index is -0.120. The fourth-order valence-corrected chi connectivity index (χ4v) is 7.42. The number of esters is 2. The van der Waals surface area contributed by atoms with E-state index in [1.54, 1.807) is 0 Å². The van der Waals surface area contributed by atoms with E-state index in [9.17, 15) is 9.59 Å². The molecule has 0 aliphatic carbocycles. The third kappa shape index (κ3) is 45.1. The van der Waals surface area contributed by atoms with Gasteiger partial charge in [0.1, 0.15) is 0 Å². The highest BCUT2D eigenvalue weighted by atomic mass is 16.5. The quantitative estimate of drug-likeness (QED) is 0.0462. The highest BCUT2D eigenvalue weighted by Gasteiger charge is 2.06. The Morgan fingerprint density at radius 1 is 0.250 bits per heavy atom. The Labute approximate surface area is 326 Å². The third-order valence-corrected chi connectivity index (χ3v) is 11.0. The van der Waals surface area contributed by atoms with Gasteiger partial charge in [-0.2, -0.15) is 0 Å². The lowest BCUT2D eigenvalue weighted by molar-refractivity contribution is -0.146. The SMILES string of the molecule is CCCCCCCCCCCCCCCCCCCCCOC(=O)CCCCC(=O)OCCCCCCCCCCCCCCCCCCCCC. The van der Waals surface area contributed by atoms with Crippen molar-refractivity contribution in [2.45, 2.75) is 284 Å². The van der Waals surface area contributed by atoms with Gasteiger partial charge in [0, 0.05) is 12.8 Å². The summed E-state index contributed by atoms with van der Waals surface area (Å²) in [6.07, 6.45) is 54.1. The number of hydrogen-bond acceptors (Lipinski definition) is 4. The normalized spacial score (nSPS) is 11.3. The second kappa shape index (κ2) is 46.1. The standard InChI is InChI=1S/C48H94O4/c1-3-5-7-9-11-13-15-17-19-21-23-25-27-29-31-33-35-37-41-45-51-47(49)43-39-40-44-48(50)52-46-42-38-36-34-32-30-28-26-24-22-20-18-16-14-12-10-8-6-4-2/h3-46H2,1-2H3. The van der Waals surface area contributed by atoms with Crippen molar-refractivity contribution >= 4 is 11.9 Å². The fourth-order valence-electron chi connectivity index (χ4n) is 7.42. The molecule has 0 saturated carbocycles. The van der Waals surface area contributed by atoms with Crippen molar-refractivity contribution in [1.29, 1.82) is 0 Å². The number of ether oxygens (including phenoxy) is 2. The average Bonchev–Trinajstić information content (AvgIpc) is 3.15. The smallest absolute Gasteiger partial charge is 0.305 e. The molecule has 0 aromatic heterocycles. The molecule has 0 amide bonds. The summed E-state index contributed by atoms with van der Waals surface area (Å²) in [6.45, 7) is 5.66. The van der Waals surface area contributed by atoms with Crippen LogP contribution in [-0.2, 0) is 19.1 Å². The van der Waals surface area contributed by atoms with Crippen LogP contribution in [0.25, 0.3) is 0 Å². The van der Waals surface area contributed by atoms with Crippen molar-refractivity contribution in [1.82, 2.24) is 0 Å². The number of carbonyl (C=O) groups excluding carboxylic acids is 2. The predicted molar refractivity (Wildman–Crippen MR) is 227 cm³/mol.